The number of nitro groups is 2. The number of carbonyl (C=O) groups is 2. The molecule has 0 radical (unpaired) electrons. The smallest absolute Gasteiger partial charge is 0.506 e. The molecule has 2 aliphatic carbocycles. The number of phenolic OH excluding ortho intramolecular Hbond substituents is 2. The molecule has 0 aromatic heterocycles. The molecule has 16 heteroatoms. The van der Waals surface area contributed by atoms with Crippen molar-refractivity contribution in [2.45, 2.75) is 32.6 Å². The minimum Gasteiger partial charge on any atom is -0.506 e. The van der Waals surface area contributed by atoms with Gasteiger partial charge in [0.15, 0.2) is 0 Å². The fourth-order valence-electron chi connectivity index (χ4n) is 5.10. The van der Waals surface area contributed by atoms with Gasteiger partial charge < -0.3 is 10.2 Å². The van der Waals surface area contributed by atoms with E-state index < -0.39 is 21.3 Å². The van der Waals surface area contributed by atoms with Gasteiger partial charge in [-0.1, -0.05) is 81.5 Å². The number of phenols is 2. The van der Waals surface area contributed by atoms with Crippen LogP contribution >= 0.6 is 0 Å². The number of allylic oxidation sites excluding steroid dienone is 2. The summed E-state index contributed by atoms with van der Waals surface area (Å²) < 4.78 is 0. The van der Waals surface area contributed by atoms with Crippen molar-refractivity contribution in [1.29, 1.82) is 0 Å². The SMILES string of the molecule is CCC(C)(C)c1cc(N/N=C2\C(=O)C=Cc3ccccc32)c(O)c([N+](=O)[O-])c1.O=C1C=Cc2ccccc2/C1=N/Nc1cc([N+](=O)[O-])ccc1O.[Cr].[Na+]. The van der Waals surface area contributed by atoms with E-state index in [1.165, 1.54) is 30.4 Å². The third-order valence-electron chi connectivity index (χ3n) is 8.45. The topological polar surface area (TPSA) is 210 Å². The van der Waals surface area contributed by atoms with E-state index in [0.717, 1.165) is 23.6 Å². The van der Waals surface area contributed by atoms with Crippen molar-refractivity contribution in [3.05, 3.63) is 139 Å². The molecule has 2 aliphatic rings. The molecule has 0 saturated heterocycles. The Labute approximate surface area is 336 Å². The standard InChI is InChI=1S/C21H21N3O4.C16H11N3O4.Cr.Na/c1-4-21(2,3)14-11-16(20(26)17(12-14)24(27)28)22-23-19-15-8-6-5-7-13(15)9-10-18(19)25;20-14-8-6-11(19(22)23)9-13(14)17-18-16-12-4-2-1-3-10(12)5-7-15(16)21;;/h5-12,22,26H,4H2,1-3H3;1-9,17,20H;;/q;;;+1/b23-19-;18-16-;;. The predicted octanol–water partition coefficient (Wildman–Crippen LogP) is 4.11. The van der Waals surface area contributed by atoms with E-state index in [-0.39, 0.29) is 98.1 Å². The summed E-state index contributed by atoms with van der Waals surface area (Å²) in [6, 6.07) is 21.0. The van der Waals surface area contributed by atoms with Crippen LogP contribution in [-0.2, 0) is 32.4 Å². The Hall–Kier alpha value is -5.43. The molecule has 0 atom stereocenters. The quantitative estimate of drug-likeness (QED) is 0.0874. The fraction of sp³-hybridized carbons (Fsp3) is 0.135. The number of carbonyl (C=O) groups excluding carboxylic acids is 2. The normalized spacial score (nSPS) is 14.2. The van der Waals surface area contributed by atoms with Crippen LogP contribution in [0.3, 0.4) is 0 Å². The number of anilines is 2. The van der Waals surface area contributed by atoms with E-state index in [0.29, 0.717) is 16.7 Å². The first kappa shape index (κ1) is 42.0. The number of non-ortho nitro benzene ring substituents is 1. The number of hydrogen-bond acceptors (Lipinski definition) is 12. The Balaban J connectivity index is 0.000000280. The van der Waals surface area contributed by atoms with Crippen molar-refractivity contribution in [2.24, 2.45) is 10.2 Å². The Morgan fingerprint density at radius 3 is 1.72 bits per heavy atom. The van der Waals surface area contributed by atoms with Crippen LogP contribution in [0.1, 0.15) is 55.0 Å². The molecule has 0 aliphatic heterocycles. The first-order valence-corrected chi connectivity index (χ1v) is 15.6. The van der Waals surface area contributed by atoms with Crippen LogP contribution in [0.5, 0.6) is 11.5 Å². The third-order valence-corrected chi connectivity index (χ3v) is 8.45. The van der Waals surface area contributed by atoms with Gasteiger partial charge in [-0.05, 0) is 52.8 Å². The minimum absolute atomic E-state index is 0. The van der Waals surface area contributed by atoms with Crippen LogP contribution in [0, 0.1) is 20.2 Å². The van der Waals surface area contributed by atoms with Crippen LogP contribution in [0.4, 0.5) is 22.7 Å². The first-order valence-electron chi connectivity index (χ1n) is 15.6. The summed E-state index contributed by atoms with van der Waals surface area (Å²) in [7, 11) is 0. The minimum atomic E-state index is -0.632. The number of ketones is 2. The number of aromatic hydroxyl groups is 2. The van der Waals surface area contributed by atoms with Gasteiger partial charge in [-0.3, -0.25) is 40.7 Å². The van der Waals surface area contributed by atoms with Crippen molar-refractivity contribution in [1.82, 2.24) is 0 Å². The summed E-state index contributed by atoms with van der Waals surface area (Å²) in [5.74, 6) is -1.30. The van der Waals surface area contributed by atoms with Gasteiger partial charge in [0.25, 0.3) is 5.69 Å². The van der Waals surface area contributed by atoms with Crippen molar-refractivity contribution < 1.29 is 76.6 Å². The van der Waals surface area contributed by atoms with E-state index >= 15 is 0 Å². The number of nitrogens with zero attached hydrogens (tertiary/aromatic N) is 4. The van der Waals surface area contributed by atoms with Gasteiger partial charge in [-0.15, -0.1) is 0 Å². The third kappa shape index (κ3) is 9.52. The average molecular weight is 764 g/mol. The molecule has 0 bridgehead atoms. The monoisotopic (exact) mass is 763 g/mol. The molecule has 0 heterocycles. The average Bonchev–Trinajstić information content (AvgIpc) is 3.12. The van der Waals surface area contributed by atoms with E-state index in [1.54, 1.807) is 42.5 Å². The number of hydrazone groups is 2. The molecule has 14 nitrogen and oxygen atoms in total. The Kier molecular flexibility index (Phi) is 14.2. The molecule has 0 unspecified atom stereocenters. The summed E-state index contributed by atoms with van der Waals surface area (Å²) in [4.78, 5) is 45.2. The molecule has 4 N–H and O–H groups in total. The van der Waals surface area contributed by atoms with Crippen LogP contribution in [0.15, 0.2) is 101 Å². The molecule has 0 amide bonds. The Bertz CT molecular complexity index is 2220. The number of nitrogens with one attached hydrogen (secondary N) is 2. The van der Waals surface area contributed by atoms with Crippen molar-refractivity contribution >= 4 is 57.9 Å². The number of nitro benzene ring substituents is 2. The zero-order chi connectivity index (χ0) is 36.9. The maximum absolute atomic E-state index is 12.3. The van der Waals surface area contributed by atoms with Crippen LogP contribution in [0.25, 0.3) is 12.2 Å². The number of rotatable bonds is 8. The van der Waals surface area contributed by atoms with E-state index in [4.69, 9.17) is 0 Å². The van der Waals surface area contributed by atoms with Crippen molar-refractivity contribution in [3.63, 3.8) is 0 Å². The van der Waals surface area contributed by atoms with Gasteiger partial charge >= 0.3 is 35.2 Å². The Morgan fingerprint density at radius 2 is 1.23 bits per heavy atom. The molecule has 4 aromatic carbocycles. The Morgan fingerprint density at radius 1 is 0.717 bits per heavy atom. The summed E-state index contributed by atoms with van der Waals surface area (Å²) >= 11 is 0. The van der Waals surface area contributed by atoms with Crippen molar-refractivity contribution in [2.75, 3.05) is 10.9 Å². The van der Waals surface area contributed by atoms with Crippen molar-refractivity contribution in [3.8, 4) is 11.5 Å². The first-order chi connectivity index (χ1) is 24.3. The second-order valence-corrected chi connectivity index (χ2v) is 12.1. The number of fused-ring (bicyclic) bond motifs is 2. The molecule has 0 spiro atoms. The zero-order valence-corrected chi connectivity index (χ0v) is 32.3. The van der Waals surface area contributed by atoms with Gasteiger partial charge in [0.1, 0.15) is 28.5 Å². The molecule has 0 fully saturated rings. The summed E-state index contributed by atoms with van der Waals surface area (Å²) in [5.41, 5.74) is 8.43. The maximum Gasteiger partial charge on any atom is 1.00 e. The maximum atomic E-state index is 12.3. The fourth-order valence-corrected chi connectivity index (χ4v) is 5.10. The predicted molar refractivity (Wildman–Crippen MR) is 194 cm³/mol. The molecule has 0 saturated carbocycles. The molecular formula is C37H32CrN6NaO8+. The summed E-state index contributed by atoms with van der Waals surface area (Å²) in [6.45, 7) is 5.91. The second-order valence-electron chi connectivity index (χ2n) is 12.1. The second kappa shape index (κ2) is 17.9. The summed E-state index contributed by atoms with van der Waals surface area (Å²) in [5, 5.41) is 50.4. The molecule has 53 heavy (non-hydrogen) atoms. The molecular weight excluding hydrogens is 731 g/mol. The molecule has 264 valence electrons. The van der Waals surface area contributed by atoms with Crippen LogP contribution in [0.2, 0.25) is 0 Å². The van der Waals surface area contributed by atoms with E-state index in [1.807, 2.05) is 45.0 Å². The molecule has 6 rings (SSSR count). The largest absolute Gasteiger partial charge is 1.00 e. The summed E-state index contributed by atoms with van der Waals surface area (Å²) in [6.07, 6.45) is 6.97. The van der Waals surface area contributed by atoms with Crippen LogP contribution < -0.4 is 40.4 Å². The number of benzene rings is 4. The van der Waals surface area contributed by atoms with Gasteiger partial charge in [-0.2, -0.15) is 10.2 Å². The molecule has 4 aromatic rings. The van der Waals surface area contributed by atoms with Gasteiger partial charge in [0.05, 0.1) is 9.85 Å². The zero-order valence-electron chi connectivity index (χ0n) is 29.1. The van der Waals surface area contributed by atoms with E-state index in [2.05, 4.69) is 21.1 Å². The van der Waals surface area contributed by atoms with Gasteiger partial charge in [-0.25, -0.2) is 0 Å². The van der Waals surface area contributed by atoms with Crippen LogP contribution in [-0.4, -0.2) is 43.0 Å². The van der Waals surface area contributed by atoms with Gasteiger partial charge in [0.2, 0.25) is 17.3 Å². The van der Waals surface area contributed by atoms with Gasteiger partial charge in [0, 0.05) is 46.7 Å². The number of hydrogen-bond donors (Lipinski definition) is 4. The van der Waals surface area contributed by atoms with E-state index in [9.17, 15) is 40.0 Å².